The van der Waals surface area contributed by atoms with E-state index >= 15 is 0 Å². The standard InChI is InChI=1S/C16H18ClNO2/c1-18-10-12-9-11(7-8-13(12)17)16-14(19-2)5-4-6-15(16)20-3/h4-9,18H,10H2,1-3H3. The van der Waals surface area contributed by atoms with Gasteiger partial charge in [0.2, 0.25) is 0 Å². The molecule has 106 valence electrons. The Kier molecular flexibility index (Phi) is 4.88. The molecule has 0 unspecified atom stereocenters. The normalized spacial score (nSPS) is 10.4. The number of ether oxygens (including phenoxy) is 2. The molecule has 0 spiro atoms. The highest BCUT2D eigenvalue weighted by atomic mass is 35.5. The maximum Gasteiger partial charge on any atom is 0.130 e. The second-order valence-electron chi connectivity index (χ2n) is 4.37. The van der Waals surface area contributed by atoms with Crippen molar-refractivity contribution in [3.8, 4) is 22.6 Å². The smallest absolute Gasteiger partial charge is 0.130 e. The summed E-state index contributed by atoms with van der Waals surface area (Å²) in [4.78, 5) is 0. The molecule has 0 bridgehead atoms. The molecule has 0 heterocycles. The van der Waals surface area contributed by atoms with Crippen LogP contribution in [0.1, 0.15) is 5.56 Å². The number of hydrogen-bond acceptors (Lipinski definition) is 3. The molecule has 4 heteroatoms. The Labute approximate surface area is 124 Å². The van der Waals surface area contributed by atoms with Crippen molar-refractivity contribution < 1.29 is 9.47 Å². The third kappa shape index (κ3) is 2.89. The van der Waals surface area contributed by atoms with E-state index in [0.29, 0.717) is 6.54 Å². The van der Waals surface area contributed by atoms with Crippen LogP contribution in [0, 0.1) is 0 Å². The minimum absolute atomic E-state index is 0.712. The molecule has 2 rings (SSSR count). The summed E-state index contributed by atoms with van der Waals surface area (Å²) in [6.07, 6.45) is 0. The molecule has 20 heavy (non-hydrogen) atoms. The summed E-state index contributed by atoms with van der Waals surface area (Å²) < 4.78 is 10.9. The van der Waals surface area contributed by atoms with Crippen LogP contribution in [-0.2, 0) is 6.54 Å². The molecule has 3 nitrogen and oxygen atoms in total. The Bertz CT molecular complexity index is 577. The second kappa shape index (κ2) is 6.64. The summed E-state index contributed by atoms with van der Waals surface area (Å²) in [5.74, 6) is 1.56. The molecule has 2 aromatic rings. The summed E-state index contributed by atoms with van der Waals surface area (Å²) in [6, 6.07) is 11.7. The van der Waals surface area contributed by atoms with Crippen LogP contribution in [0.3, 0.4) is 0 Å². The Hall–Kier alpha value is -1.71. The highest BCUT2D eigenvalue weighted by Crippen LogP contribution is 2.39. The number of nitrogens with one attached hydrogen (secondary N) is 1. The Morgan fingerprint density at radius 1 is 1.05 bits per heavy atom. The van der Waals surface area contributed by atoms with Gasteiger partial charge in [0.15, 0.2) is 0 Å². The summed E-state index contributed by atoms with van der Waals surface area (Å²) in [5, 5.41) is 3.86. The molecular formula is C16H18ClNO2. The van der Waals surface area contributed by atoms with Crippen molar-refractivity contribution in [3.63, 3.8) is 0 Å². The Balaban J connectivity index is 2.58. The number of halogens is 1. The summed E-state index contributed by atoms with van der Waals surface area (Å²) >= 11 is 6.21. The van der Waals surface area contributed by atoms with Crippen LogP contribution in [0.5, 0.6) is 11.5 Å². The first-order valence-electron chi connectivity index (χ1n) is 6.35. The zero-order chi connectivity index (χ0) is 14.5. The van der Waals surface area contributed by atoms with E-state index in [-0.39, 0.29) is 0 Å². The lowest BCUT2D eigenvalue weighted by Crippen LogP contribution is -2.05. The SMILES string of the molecule is CNCc1cc(-c2c(OC)cccc2OC)ccc1Cl. The van der Waals surface area contributed by atoms with E-state index in [1.54, 1.807) is 14.2 Å². The van der Waals surface area contributed by atoms with Crippen molar-refractivity contribution in [3.05, 3.63) is 47.0 Å². The molecule has 0 aliphatic heterocycles. The molecule has 0 aliphatic carbocycles. The van der Waals surface area contributed by atoms with Gasteiger partial charge in [0.05, 0.1) is 19.8 Å². The van der Waals surface area contributed by atoms with Gasteiger partial charge in [0, 0.05) is 11.6 Å². The molecule has 0 atom stereocenters. The third-order valence-electron chi connectivity index (χ3n) is 3.13. The van der Waals surface area contributed by atoms with Crippen molar-refractivity contribution in [2.24, 2.45) is 0 Å². The number of rotatable bonds is 5. The fraction of sp³-hybridized carbons (Fsp3) is 0.250. The van der Waals surface area contributed by atoms with Crippen molar-refractivity contribution >= 4 is 11.6 Å². The van der Waals surface area contributed by atoms with Crippen LogP contribution in [0.15, 0.2) is 36.4 Å². The van der Waals surface area contributed by atoms with Crippen LogP contribution in [0.4, 0.5) is 0 Å². The lowest BCUT2D eigenvalue weighted by Gasteiger charge is -2.14. The predicted octanol–water partition coefficient (Wildman–Crippen LogP) is 3.74. The summed E-state index contributed by atoms with van der Waals surface area (Å²) in [5.41, 5.74) is 3.00. The highest BCUT2D eigenvalue weighted by molar-refractivity contribution is 6.31. The average molecular weight is 292 g/mol. The van der Waals surface area contributed by atoms with E-state index in [9.17, 15) is 0 Å². The van der Waals surface area contributed by atoms with Crippen LogP contribution >= 0.6 is 11.6 Å². The topological polar surface area (TPSA) is 30.5 Å². The number of hydrogen-bond donors (Lipinski definition) is 1. The van der Waals surface area contributed by atoms with Crippen molar-refractivity contribution in [1.82, 2.24) is 5.32 Å². The van der Waals surface area contributed by atoms with E-state index in [1.165, 1.54) is 0 Å². The quantitative estimate of drug-likeness (QED) is 0.910. The van der Waals surface area contributed by atoms with E-state index < -0.39 is 0 Å². The summed E-state index contributed by atoms with van der Waals surface area (Å²) in [7, 11) is 5.21. The molecule has 0 radical (unpaired) electrons. The molecule has 0 amide bonds. The molecule has 0 aliphatic rings. The van der Waals surface area contributed by atoms with Gasteiger partial charge < -0.3 is 14.8 Å². The number of benzene rings is 2. The Morgan fingerprint density at radius 2 is 1.70 bits per heavy atom. The lowest BCUT2D eigenvalue weighted by molar-refractivity contribution is 0.397. The molecule has 1 N–H and O–H groups in total. The minimum atomic E-state index is 0.712. The van der Waals surface area contributed by atoms with Crippen molar-refractivity contribution in [1.29, 1.82) is 0 Å². The van der Waals surface area contributed by atoms with Gasteiger partial charge in [-0.05, 0) is 42.4 Å². The van der Waals surface area contributed by atoms with Gasteiger partial charge in [-0.15, -0.1) is 0 Å². The molecule has 0 aromatic heterocycles. The van der Waals surface area contributed by atoms with Crippen LogP contribution in [-0.4, -0.2) is 21.3 Å². The van der Waals surface area contributed by atoms with Crippen molar-refractivity contribution in [2.45, 2.75) is 6.54 Å². The summed E-state index contributed by atoms with van der Waals surface area (Å²) in [6.45, 7) is 0.712. The van der Waals surface area contributed by atoms with Gasteiger partial charge in [0.1, 0.15) is 11.5 Å². The maximum atomic E-state index is 6.21. The molecule has 0 saturated heterocycles. The van der Waals surface area contributed by atoms with Crippen LogP contribution in [0.2, 0.25) is 5.02 Å². The molecular weight excluding hydrogens is 274 g/mol. The first kappa shape index (κ1) is 14.7. The zero-order valence-electron chi connectivity index (χ0n) is 11.9. The van der Waals surface area contributed by atoms with Gasteiger partial charge in [-0.1, -0.05) is 23.7 Å². The molecule has 0 saturated carbocycles. The number of methoxy groups -OCH3 is 2. The first-order chi connectivity index (χ1) is 9.71. The minimum Gasteiger partial charge on any atom is -0.496 e. The first-order valence-corrected chi connectivity index (χ1v) is 6.73. The zero-order valence-corrected chi connectivity index (χ0v) is 12.6. The van der Waals surface area contributed by atoms with Gasteiger partial charge in [-0.2, -0.15) is 0 Å². The molecule has 2 aromatic carbocycles. The van der Waals surface area contributed by atoms with Gasteiger partial charge in [-0.3, -0.25) is 0 Å². The van der Waals surface area contributed by atoms with E-state index in [2.05, 4.69) is 11.4 Å². The highest BCUT2D eigenvalue weighted by Gasteiger charge is 2.13. The fourth-order valence-electron chi connectivity index (χ4n) is 2.19. The second-order valence-corrected chi connectivity index (χ2v) is 4.78. The van der Waals surface area contributed by atoms with E-state index in [0.717, 1.165) is 33.2 Å². The van der Waals surface area contributed by atoms with Crippen LogP contribution < -0.4 is 14.8 Å². The predicted molar refractivity (Wildman–Crippen MR) is 82.8 cm³/mol. The van der Waals surface area contributed by atoms with E-state index in [4.69, 9.17) is 21.1 Å². The fourth-order valence-corrected chi connectivity index (χ4v) is 2.38. The molecule has 0 fully saturated rings. The maximum absolute atomic E-state index is 6.21. The third-order valence-corrected chi connectivity index (χ3v) is 3.50. The average Bonchev–Trinajstić information content (AvgIpc) is 2.49. The van der Waals surface area contributed by atoms with Gasteiger partial charge in [-0.25, -0.2) is 0 Å². The van der Waals surface area contributed by atoms with Crippen molar-refractivity contribution in [2.75, 3.05) is 21.3 Å². The van der Waals surface area contributed by atoms with Gasteiger partial charge in [0.25, 0.3) is 0 Å². The van der Waals surface area contributed by atoms with E-state index in [1.807, 2.05) is 37.4 Å². The monoisotopic (exact) mass is 291 g/mol. The van der Waals surface area contributed by atoms with Gasteiger partial charge >= 0.3 is 0 Å². The lowest BCUT2D eigenvalue weighted by atomic mass is 10.0. The van der Waals surface area contributed by atoms with Crippen LogP contribution in [0.25, 0.3) is 11.1 Å². The largest absolute Gasteiger partial charge is 0.496 e. The Morgan fingerprint density at radius 3 is 2.25 bits per heavy atom.